The number of urea groups is 1. The number of carbonyl (C=O) groups is 1. The number of nitriles is 2. The summed E-state index contributed by atoms with van der Waals surface area (Å²) in [6, 6.07) is 18.1. The predicted octanol–water partition coefficient (Wildman–Crippen LogP) is 2.91. The topological polar surface area (TPSA) is 113 Å². The summed E-state index contributed by atoms with van der Waals surface area (Å²) < 4.78 is 0. The third-order valence-corrected chi connectivity index (χ3v) is 3.07. The van der Waals surface area contributed by atoms with Crippen molar-refractivity contribution in [1.82, 2.24) is 5.32 Å². The second kappa shape index (κ2) is 7.39. The van der Waals surface area contributed by atoms with E-state index in [-0.39, 0.29) is 0 Å². The molecular weight excluding hydrogens is 290 g/mol. The maximum atomic E-state index is 12.0. The maximum absolute atomic E-state index is 12.0. The first kappa shape index (κ1) is 15.7. The molecule has 0 radical (unpaired) electrons. The number of hydrogen-bond acceptors (Lipinski definition) is 4. The van der Waals surface area contributed by atoms with Gasteiger partial charge in [-0.2, -0.15) is 10.5 Å². The molecule has 0 aliphatic heterocycles. The Morgan fingerprint density at radius 3 is 2.35 bits per heavy atom. The van der Waals surface area contributed by atoms with Crippen molar-refractivity contribution in [3.05, 3.63) is 54.6 Å². The molecule has 2 rings (SSSR count). The zero-order valence-corrected chi connectivity index (χ0v) is 12.1. The van der Waals surface area contributed by atoms with Gasteiger partial charge in [-0.3, -0.25) is 5.41 Å². The molecule has 0 spiro atoms. The van der Waals surface area contributed by atoms with Crippen molar-refractivity contribution in [3.8, 4) is 23.3 Å². The van der Waals surface area contributed by atoms with Gasteiger partial charge in [-0.15, -0.1) is 0 Å². The average molecular weight is 303 g/mol. The molecule has 0 saturated heterocycles. The van der Waals surface area contributed by atoms with Gasteiger partial charge in [0.2, 0.25) is 0 Å². The Morgan fingerprint density at radius 1 is 1.04 bits per heavy atom. The van der Waals surface area contributed by atoms with Crippen LogP contribution in [0.3, 0.4) is 0 Å². The lowest BCUT2D eigenvalue weighted by atomic mass is 10.0. The second-order valence-electron chi connectivity index (χ2n) is 4.60. The molecule has 1 unspecified atom stereocenters. The number of hydrogen-bond donors (Lipinski definition) is 3. The summed E-state index contributed by atoms with van der Waals surface area (Å²) in [5.41, 5.74) is 1.81. The van der Waals surface area contributed by atoms with Crippen LogP contribution in [0.4, 0.5) is 10.5 Å². The molecule has 0 aliphatic rings. The van der Waals surface area contributed by atoms with Crippen LogP contribution in [0.15, 0.2) is 54.6 Å². The van der Waals surface area contributed by atoms with E-state index in [0.29, 0.717) is 5.69 Å². The molecule has 0 heterocycles. The fourth-order valence-electron chi connectivity index (χ4n) is 1.98. The van der Waals surface area contributed by atoms with Crippen molar-refractivity contribution >= 4 is 17.4 Å². The standard InChI is InChI=1S/C17H13N5O/c18-10-14(20)16(11-19)22-17(23)21-15-9-5-4-8-13(15)12-6-2-1-3-7-12/h1-9,16,20H,(H2,21,22,23). The molecule has 0 fully saturated rings. The van der Waals surface area contributed by atoms with Crippen LogP contribution in [-0.4, -0.2) is 17.8 Å². The van der Waals surface area contributed by atoms with E-state index in [4.69, 9.17) is 15.9 Å². The van der Waals surface area contributed by atoms with E-state index in [9.17, 15) is 4.79 Å². The zero-order valence-electron chi connectivity index (χ0n) is 12.1. The van der Waals surface area contributed by atoms with Crippen LogP contribution < -0.4 is 10.6 Å². The number of para-hydroxylation sites is 1. The Kier molecular flexibility index (Phi) is 5.06. The Hall–Kier alpha value is -3.64. The Morgan fingerprint density at radius 2 is 1.70 bits per heavy atom. The van der Waals surface area contributed by atoms with Gasteiger partial charge >= 0.3 is 6.03 Å². The van der Waals surface area contributed by atoms with Crippen molar-refractivity contribution in [2.75, 3.05) is 5.32 Å². The van der Waals surface area contributed by atoms with Crippen molar-refractivity contribution in [1.29, 1.82) is 15.9 Å². The van der Waals surface area contributed by atoms with E-state index in [1.54, 1.807) is 24.3 Å². The summed E-state index contributed by atoms with van der Waals surface area (Å²) in [7, 11) is 0. The van der Waals surface area contributed by atoms with Gasteiger partial charge in [-0.25, -0.2) is 4.79 Å². The van der Waals surface area contributed by atoms with Gasteiger partial charge in [-0.05, 0) is 11.6 Å². The molecule has 0 aromatic heterocycles. The fourth-order valence-corrected chi connectivity index (χ4v) is 1.98. The first-order valence-electron chi connectivity index (χ1n) is 6.76. The highest BCUT2D eigenvalue weighted by Gasteiger charge is 2.17. The highest BCUT2D eigenvalue weighted by atomic mass is 16.2. The summed E-state index contributed by atoms with van der Waals surface area (Å²) in [5, 5.41) is 29.8. The van der Waals surface area contributed by atoms with Crippen LogP contribution in [0.5, 0.6) is 0 Å². The van der Waals surface area contributed by atoms with E-state index < -0.39 is 17.8 Å². The first-order chi connectivity index (χ1) is 11.2. The minimum atomic E-state index is -1.27. The molecule has 3 N–H and O–H groups in total. The number of nitrogens with one attached hydrogen (secondary N) is 3. The fraction of sp³-hybridized carbons (Fsp3) is 0.0588. The summed E-state index contributed by atoms with van der Waals surface area (Å²) >= 11 is 0. The number of carbonyl (C=O) groups excluding carboxylic acids is 1. The first-order valence-corrected chi connectivity index (χ1v) is 6.76. The molecule has 1 atom stereocenters. The SMILES string of the molecule is N#CC(=N)C(C#N)NC(=O)Nc1ccccc1-c1ccccc1. The van der Waals surface area contributed by atoms with Crippen LogP contribution in [-0.2, 0) is 0 Å². The van der Waals surface area contributed by atoms with E-state index in [1.165, 1.54) is 0 Å². The largest absolute Gasteiger partial charge is 0.320 e. The lowest BCUT2D eigenvalue weighted by molar-refractivity contribution is 0.252. The lowest BCUT2D eigenvalue weighted by Crippen LogP contribution is -2.41. The van der Waals surface area contributed by atoms with Gasteiger partial charge in [0.25, 0.3) is 0 Å². The number of anilines is 1. The summed E-state index contributed by atoms with van der Waals surface area (Å²) in [6.07, 6.45) is 0. The minimum Gasteiger partial charge on any atom is -0.316 e. The minimum absolute atomic E-state index is 0.515. The van der Waals surface area contributed by atoms with Gasteiger partial charge in [-0.1, -0.05) is 48.5 Å². The van der Waals surface area contributed by atoms with Crippen LogP contribution in [0.2, 0.25) is 0 Å². The molecule has 2 amide bonds. The van der Waals surface area contributed by atoms with Gasteiger partial charge in [0, 0.05) is 5.56 Å². The Bertz CT molecular complexity index is 802. The monoisotopic (exact) mass is 303 g/mol. The highest BCUT2D eigenvalue weighted by Crippen LogP contribution is 2.27. The van der Waals surface area contributed by atoms with Crippen LogP contribution in [0.1, 0.15) is 0 Å². The molecule has 2 aromatic rings. The summed E-state index contributed by atoms with van der Waals surface area (Å²) in [4.78, 5) is 12.0. The zero-order chi connectivity index (χ0) is 16.7. The number of rotatable bonds is 4. The van der Waals surface area contributed by atoms with Crippen LogP contribution in [0, 0.1) is 28.1 Å². The quantitative estimate of drug-likeness (QED) is 0.755. The van der Waals surface area contributed by atoms with Gasteiger partial charge in [0.15, 0.2) is 6.04 Å². The lowest BCUT2D eigenvalue weighted by Gasteiger charge is -2.13. The molecule has 0 bridgehead atoms. The molecule has 0 saturated carbocycles. The molecule has 6 heteroatoms. The van der Waals surface area contributed by atoms with Crippen molar-refractivity contribution in [2.45, 2.75) is 6.04 Å². The van der Waals surface area contributed by atoms with Gasteiger partial charge in [0.1, 0.15) is 11.8 Å². The van der Waals surface area contributed by atoms with Crippen molar-refractivity contribution in [2.24, 2.45) is 0 Å². The molecule has 2 aromatic carbocycles. The van der Waals surface area contributed by atoms with Crippen molar-refractivity contribution in [3.63, 3.8) is 0 Å². The number of nitrogens with zero attached hydrogens (tertiary/aromatic N) is 2. The molecule has 0 aliphatic carbocycles. The highest BCUT2D eigenvalue weighted by molar-refractivity contribution is 6.05. The van der Waals surface area contributed by atoms with Gasteiger partial charge < -0.3 is 10.6 Å². The molecule has 112 valence electrons. The van der Waals surface area contributed by atoms with E-state index in [1.807, 2.05) is 42.5 Å². The average Bonchev–Trinajstić information content (AvgIpc) is 2.60. The third kappa shape index (κ3) is 3.93. The van der Waals surface area contributed by atoms with E-state index >= 15 is 0 Å². The number of amides is 2. The summed E-state index contributed by atoms with van der Waals surface area (Å²) in [5.74, 6) is 0. The normalized spacial score (nSPS) is 10.7. The Balaban J connectivity index is 2.19. The molecule has 6 nitrogen and oxygen atoms in total. The van der Waals surface area contributed by atoms with Gasteiger partial charge in [0.05, 0.1) is 11.8 Å². The molecule has 23 heavy (non-hydrogen) atoms. The van der Waals surface area contributed by atoms with E-state index in [0.717, 1.165) is 11.1 Å². The number of benzene rings is 2. The van der Waals surface area contributed by atoms with Crippen molar-refractivity contribution < 1.29 is 4.79 Å². The third-order valence-electron chi connectivity index (χ3n) is 3.07. The van der Waals surface area contributed by atoms with Crippen LogP contribution in [0.25, 0.3) is 11.1 Å². The predicted molar refractivity (Wildman–Crippen MR) is 86.8 cm³/mol. The Labute approximate surface area is 133 Å². The van der Waals surface area contributed by atoms with Crippen LogP contribution >= 0.6 is 0 Å². The maximum Gasteiger partial charge on any atom is 0.320 e. The molecular formula is C17H13N5O. The van der Waals surface area contributed by atoms with E-state index in [2.05, 4.69) is 10.6 Å². The second-order valence-corrected chi connectivity index (χ2v) is 4.60. The smallest absolute Gasteiger partial charge is 0.316 e. The summed E-state index contributed by atoms with van der Waals surface area (Å²) in [6.45, 7) is 0.